The Labute approximate surface area is 255 Å². The molecule has 1 aliphatic carbocycles. The smallest absolute Gasteiger partial charge is 0.249 e. The summed E-state index contributed by atoms with van der Waals surface area (Å²) in [7, 11) is 0. The molecule has 3 aromatic carbocycles. The summed E-state index contributed by atoms with van der Waals surface area (Å²) in [6, 6.07) is 13.3. The molecule has 1 saturated carbocycles. The number of nitrogens with one attached hydrogen (secondary N) is 1. The molecule has 1 atom stereocenters. The van der Waals surface area contributed by atoms with Crippen molar-refractivity contribution in [1.82, 2.24) is 5.32 Å². The van der Waals surface area contributed by atoms with Crippen LogP contribution < -0.4 is 20.5 Å². The van der Waals surface area contributed by atoms with Gasteiger partial charge in [0, 0.05) is 41.8 Å². The summed E-state index contributed by atoms with van der Waals surface area (Å²) in [5, 5.41) is 23.7. The lowest BCUT2D eigenvalue weighted by Gasteiger charge is -2.36. The summed E-state index contributed by atoms with van der Waals surface area (Å²) in [6.07, 6.45) is 3.07. The summed E-state index contributed by atoms with van der Waals surface area (Å²) in [5.41, 5.74) is 3.40. The fraction of sp³-hybridized carbons (Fsp3) is 0.424. The fourth-order valence-electron chi connectivity index (χ4n) is 5.93. The van der Waals surface area contributed by atoms with Crippen LogP contribution >= 0.6 is 11.6 Å². The number of nitrogens with two attached hydrogens (primary N) is 1. The maximum Gasteiger partial charge on any atom is 0.249 e. The van der Waals surface area contributed by atoms with Crippen LogP contribution in [0.4, 0.5) is 8.78 Å². The van der Waals surface area contributed by atoms with Gasteiger partial charge in [0.05, 0.1) is 21.8 Å². The van der Waals surface area contributed by atoms with E-state index in [9.17, 15) is 15.0 Å². The van der Waals surface area contributed by atoms with Crippen LogP contribution in [0.3, 0.4) is 0 Å². The lowest BCUT2D eigenvalue weighted by Crippen LogP contribution is -2.48. The van der Waals surface area contributed by atoms with Crippen molar-refractivity contribution in [1.29, 1.82) is 0 Å². The highest BCUT2D eigenvalue weighted by Crippen LogP contribution is 2.50. The van der Waals surface area contributed by atoms with Crippen LogP contribution in [-0.2, 0) is 12.0 Å². The Morgan fingerprint density at radius 3 is 2.47 bits per heavy atom. The average molecular weight is 615 g/mol. The van der Waals surface area contributed by atoms with E-state index in [1.807, 2.05) is 37.3 Å². The number of carbonyl (C=O) groups is 1. The van der Waals surface area contributed by atoms with E-state index < -0.39 is 34.3 Å². The number of carbonyl (C=O) groups excluding carboxylic acids is 1. The van der Waals surface area contributed by atoms with Gasteiger partial charge in [-0.1, -0.05) is 41.9 Å². The quantitative estimate of drug-likeness (QED) is 0.248. The van der Waals surface area contributed by atoms with E-state index in [0.717, 1.165) is 18.4 Å². The molecular weight excluding hydrogens is 578 g/mol. The highest BCUT2D eigenvalue weighted by molar-refractivity contribution is 6.34. The van der Waals surface area contributed by atoms with Gasteiger partial charge in [-0.15, -0.1) is 0 Å². The molecule has 0 bridgehead atoms. The number of halogens is 3. The molecular formula is C33H37ClF2N2O5. The van der Waals surface area contributed by atoms with Crippen molar-refractivity contribution in [3.8, 4) is 22.6 Å². The first-order valence-electron chi connectivity index (χ1n) is 14.4. The number of amides is 1. The van der Waals surface area contributed by atoms with Crippen LogP contribution in [-0.4, -0.2) is 46.5 Å². The van der Waals surface area contributed by atoms with Crippen LogP contribution in [0.1, 0.15) is 67.9 Å². The van der Waals surface area contributed by atoms with Crippen molar-refractivity contribution in [3.63, 3.8) is 0 Å². The zero-order valence-corrected chi connectivity index (χ0v) is 25.2. The molecule has 0 unspecified atom stereocenters. The van der Waals surface area contributed by atoms with Crippen molar-refractivity contribution < 1.29 is 33.3 Å². The molecule has 5 rings (SSSR count). The van der Waals surface area contributed by atoms with Crippen molar-refractivity contribution in [3.05, 3.63) is 81.9 Å². The van der Waals surface area contributed by atoms with E-state index in [0.29, 0.717) is 24.9 Å². The summed E-state index contributed by atoms with van der Waals surface area (Å²) in [4.78, 5) is 12.5. The molecule has 0 radical (unpaired) electrons. The fourth-order valence-corrected chi connectivity index (χ4v) is 6.19. The van der Waals surface area contributed by atoms with Crippen LogP contribution in [0.15, 0.2) is 48.5 Å². The molecule has 1 aliphatic heterocycles. The minimum absolute atomic E-state index is 0.0387. The Morgan fingerprint density at radius 2 is 1.84 bits per heavy atom. The number of fused-ring (bicyclic) bond motifs is 1. The third-order valence-corrected chi connectivity index (χ3v) is 8.67. The van der Waals surface area contributed by atoms with Gasteiger partial charge in [-0.05, 0) is 64.2 Å². The van der Waals surface area contributed by atoms with E-state index in [1.54, 1.807) is 0 Å². The number of hydrogen-bond acceptors (Lipinski definition) is 6. The van der Waals surface area contributed by atoms with Gasteiger partial charge in [0.2, 0.25) is 5.91 Å². The van der Waals surface area contributed by atoms with Gasteiger partial charge < -0.3 is 30.7 Å². The van der Waals surface area contributed by atoms with Gasteiger partial charge >= 0.3 is 0 Å². The van der Waals surface area contributed by atoms with E-state index >= 15 is 8.78 Å². The van der Waals surface area contributed by atoms with Gasteiger partial charge in [-0.3, -0.25) is 4.79 Å². The standard InChI is InChI=1S/C33H37ClF2N2O5/c1-31(2,40)18-42-24-10-9-21(30(37)39)27(29(24)36)26-22-16-33(19-7-5-4-6-8-19,43-25(22)15-23(35)28(26)34)17-38-20-11-13-32(3,41)14-12-20/h4-10,15,20,38,40-41H,11-14,16-18H2,1-3H3,(H2,37,39)/t20?,32?,33-/m1/s1. The second-order valence-corrected chi connectivity index (χ2v) is 13.0. The van der Waals surface area contributed by atoms with Crippen molar-refractivity contribution in [2.24, 2.45) is 5.73 Å². The first kappa shape index (κ1) is 31.2. The van der Waals surface area contributed by atoms with Crippen LogP contribution in [0.2, 0.25) is 5.02 Å². The Hall–Kier alpha value is -3.24. The van der Waals surface area contributed by atoms with Gasteiger partial charge in [-0.2, -0.15) is 0 Å². The molecule has 5 N–H and O–H groups in total. The first-order valence-corrected chi connectivity index (χ1v) is 14.8. The molecule has 1 heterocycles. The lowest BCUT2D eigenvalue weighted by atomic mass is 9.82. The van der Waals surface area contributed by atoms with Gasteiger partial charge in [0.1, 0.15) is 18.2 Å². The molecule has 230 valence electrons. The highest BCUT2D eigenvalue weighted by Gasteiger charge is 2.45. The van der Waals surface area contributed by atoms with Gasteiger partial charge in [0.15, 0.2) is 17.2 Å². The van der Waals surface area contributed by atoms with Crippen LogP contribution in [0.25, 0.3) is 11.1 Å². The monoisotopic (exact) mass is 614 g/mol. The normalized spacial score (nSPS) is 23.5. The molecule has 0 saturated heterocycles. The predicted octanol–water partition coefficient (Wildman–Crippen LogP) is 5.65. The Bertz CT molecular complexity index is 1520. The minimum Gasteiger partial charge on any atom is -0.488 e. The Kier molecular flexibility index (Phi) is 8.48. The predicted molar refractivity (Wildman–Crippen MR) is 160 cm³/mol. The number of rotatable bonds is 9. The average Bonchev–Trinajstić information content (AvgIpc) is 3.31. The lowest BCUT2D eigenvalue weighted by molar-refractivity contribution is 0.0104. The molecule has 43 heavy (non-hydrogen) atoms. The Morgan fingerprint density at radius 1 is 1.16 bits per heavy atom. The molecule has 0 aromatic heterocycles. The van der Waals surface area contributed by atoms with Crippen LogP contribution in [0.5, 0.6) is 11.5 Å². The van der Waals surface area contributed by atoms with Gasteiger partial charge in [0.25, 0.3) is 0 Å². The third-order valence-electron chi connectivity index (χ3n) is 8.30. The molecule has 3 aromatic rings. The molecule has 2 aliphatic rings. The summed E-state index contributed by atoms with van der Waals surface area (Å²) >= 11 is 6.56. The second kappa shape index (κ2) is 11.7. The molecule has 0 spiro atoms. The van der Waals surface area contributed by atoms with Gasteiger partial charge in [-0.25, -0.2) is 8.78 Å². The SMILES string of the molecule is CC(C)(O)COc1ccc(C(N)=O)c(-c2c(Cl)c(F)cc3c2C[C@@](CNC2CCC(C)(O)CC2)(c2ccccc2)O3)c1F. The number of benzene rings is 3. The number of hydrogen-bond donors (Lipinski definition) is 4. The number of ether oxygens (including phenoxy) is 2. The second-order valence-electron chi connectivity index (χ2n) is 12.6. The number of aliphatic hydroxyl groups is 2. The maximum atomic E-state index is 16.2. The summed E-state index contributed by atoms with van der Waals surface area (Å²) in [6.45, 7) is 4.96. The van der Waals surface area contributed by atoms with Crippen molar-refractivity contribution >= 4 is 17.5 Å². The zero-order chi connectivity index (χ0) is 31.2. The largest absolute Gasteiger partial charge is 0.488 e. The van der Waals surface area contributed by atoms with E-state index in [4.69, 9.17) is 26.8 Å². The zero-order valence-electron chi connectivity index (χ0n) is 24.5. The maximum absolute atomic E-state index is 16.2. The molecule has 10 heteroatoms. The summed E-state index contributed by atoms with van der Waals surface area (Å²) in [5.74, 6) is -2.81. The van der Waals surface area contributed by atoms with E-state index in [2.05, 4.69) is 5.32 Å². The van der Waals surface area contributed by atoms with Crippen molar-refractivity contribution in [2.45, 2.75) is 75.7 Å². The molecule has 1 fully saturated rings. The third kappa shape index (κ3) is 6.50. The number of primary amides is 1. The molecule has 7 nitrogen and oxygen atoms in total. The summed E-state index contributed by atoms with van der Waals surface area (Å²) < 4.78 is 43.8. The molecule has 1 amide bonds. The first-order chi connectivity index (χ1) is 20.2. The van der Waals surface area contributed by atoms with E-state index in [-0.39, 0.29) is 52.3 Å². The van der Waals surface area contributed by atoms with Crippen molar-refractivity contribution in [2.75, 3.05) is 13.2 Å². The minimum atomic E-state index is -1.27. The highest BCUT2D eigenvalue weighted by atomic mass is 35.5. The Balaban J connectivity index is 1.60. The topological polar surface area (TPSA) is 114 Å². The van der Waals surface area contributed by atoms with E-state index in [1.165, 1.54) is 32.0 Å². The van der Waals surface area contributed by atoms with Crippen LogP contribution in [0, 0.1) is 11.6 Å².